The highest BCUT2D eigenvalue weighted by Gasteiger charge is 2.19. The van der Waals surface area contributed by atoms with Crippen LogP contribution in [0.3, 0.4) is 0 Å². The monoisotopic (exact) mass is 1000 g/mol. The van der Waals surface area contributed by atoms with E-state index in [9.17, 15) is 14.4 Å². The minimum absolute atomic E-state index is 0.125. The molecule has 0 aromatic heterocycles. The van der Waals surface area contributed by atoms with Crippen molar-refractivity contribution in [2.24, 2.45) is 0 Å². The quantitative estimate of drug-likeness (QED) is 0.0262. The second kappa shape index (κ2) is 59.1. The summed E-state index contributed by atoms with van der Waals surface area (Å²) < 4.78 is 16.8. The van der Waals surface area contributed by atoms with E-state index in [0.717, 1.165) is 116 Å². The number of carbonyl (C=O) groups excluding carboxylic acids is 3. The molecule has 0 bridgehead atoms. The Labute approximate surface area is 446 Å². The molecular formula is C67H100O6. The van der Waals surface area contributed by atoms with Crippen molar-refractivity contribution in [1.29, 1.82) is 0 Å². The van der Waals surface area contributed by atoms with Crippen LogP contribution < -0.4 is 0 Å². The molecule has 0 rings (SSSR count). The van der Waals surface area contributed by atoms with Crippen LogP contribution in [0.5, 0.6) is 0 Å². The molecule has 0 aliphatic heterocycles. The van der Waals surface area contributed by atoms with Gasteiger partial charge in [-0.25, -0.2) is 0 Å². The van der Waals surface area contributed by atoms with Gasteiger partial charge in [-0.05, 0) is 83.5 Å². The van der Waals surface area contributed by atoms with E-state index in [1.54, 1.807) is 0 Å². The maximum Gasteiger partial charge on any atom is 0.306 e. The summed E-state index contributed by atoms with van der Waals surface area (Å²) in [5.41, 5.74) is 0. The van der Waals surface area contributed by atoms with Gasteiger partial charge < -0.3 is 14.2 Å². The average molecular weight is 1000 g/mol. The third-order valence-electron chi connectivity index (χ3n) is 11.2. The van der Waals surface area contributed by atoms with E-state index in [0.29, 0.717) is 12.8 Å². The second-order valence-electron chi connectivity index (χ2n) is 18.1. The lowest BCUT2D eigenvalue weighted by Crippen LogP contribution is -2.30. The van der Waals surface area contributed by atoms with E-state index in [1.165, 1.54) is 38.5 Å². The predicted octanol–water partition coefficient (Wildman–Crippen LogP) is 19.3. The van der Waals surface area contributed by atoms with Crippen LogP contribution in [-0.4, -0.2) is 37.2 Å². The highest BCUT2D eigenvalue weighted by Crippen LogP contribution is 2.13. The third-order valence-corrected chi connectivity index (χ3v) is 11.2. The molecule has 0 fully saturated rings. The summed E-state index contributed by atoms with van der Waals surface area (Å²) in [6.07, 6.45) is 88.6. The zero-order chi connectivity index (χ0) is 52.9. The molecule has 0 spiro atoms. The Balaban J connectivity index is 4.64. The van der Waals surface area contributed by atoms with Crippen molar-refractivity contribution >= 4 is 17.9 Å². The molecule has 0 aromatic rings. The van der Waals surface area contributed by atoms with Crippen molar-refractivity contribution in [3.8, 4) is 0 Å². The maximum atomic E-state index is 12.9. The van der Waals surface area contributed by atoms with Gasteiger partial charge in [0.2, 0.25) is 0 Å². The Kier molecular flexibility index (Phi) is 54.6. The number of unbranched alkanes of at least 4 members (excludes halogenated alkanes) is 19. The fourth-order valence-electron chi connectivity index (χ4n) is 6.98. The summed E-state index contributed by atoms with van der Waals surface area (Å²) in [6, 6.07) is 0. The Morgan fingerprint density at radius 3 is 0.904 bits per heavy atom. The molecular weight excluding hydrogens is 901 g/mol. The van der Waals surface area contributed by atoms with E-state index in [1.807, 2.05) is 109 Å². The van der Waals surface area contributed by atoms with Gasteiger partial charge in [-0.15, -0.1) is 0 Å². The maximum absolute atomic E-state index is 12.9. The molecule has 0 saturated carbocycles. The minimum atomic E-state index is -0.832. The van der Waals surface area contributed by atoms with Crippen LogP contribution in [0.2, 0.25) is 0 Å². The molecule has 0 radical (unpaired) electrons. The lowest BCUT2D eigenvalue weighted by molar-refractivity contribution is -0.167. The van der Waals surface area contributed by atoms with E-state index in [-0.39, 0.29) is 44.0 Å². The Hall–Kier alpha value is -5.49. The van der Waals surface area contributed by atoms with Crippen LogP contribution in [0, 0.1) is 0 Å². The number of carbonyl (C=O) groups is 3. The first kappa shape index (κ1) is 67.5. The summed E-state index contributed by atoms with van der Waals surface area (Å²) in [4.78, 5) is 38.2. The van der Waals surface area contributed by atoms with Crippen LogP contribution in [0.25, 0.3) is 0 Å². The zero-order valence-corrected chi connectivity index (χ0v) is 46.1. The molecule has 6 nitrogen and oxygen atoms in total. The van der Waals surface area contributed by atoms with E-state index in [4.69, 9.17) is 14.2 Å². The lowest BCUT2D eigenvalue weighted by Gasteiger charge is -2.18. The van der Waals surface area contributed by atoms with Crippen molar-refractivity contribution in [3.05, 3.63) is 182 Å². The van der Waals surface area contributed by atoms with Gasteiger partial charge in [0.05, 0.1) is 0 Å². The molecule has 73 heavy (non-hydrogen) atoms. The fourth-order valence-corrected chi connectivity index (χ4v) is 6.98. The zero-order valence-electron chi connectivity index (χ0n) is 46.1. The van der Waals surface area contributed by atoms with E-state index >= 15 is 0 Å². The molecule has 1 atom stereocenters. The summed E-state index contributed by atoms with van der Waals surface area (Å²) in [6.45, 7) is 6.29. The summed E-state index contributed by atoms with van der Waals surface area (Å²) in [7, 11) is 0. The Morgan fingerprint density at radius 1 is 0.288 bits per heavy atom. The van der Waals surface area contributed by atoms with Crippen LogP contribution in [0.4, 0.5) is 0 Å². The number of ether oxygens (including phenoxy) is 3. The van der Waals surface area contributed by atoms with Crippen molar-refractivity contribution in [2.45, 2.75) is 207 Å². The first-order valence-corrected chi connectivity index (χ1v) is 28.5. The van der Waals surface area contributed by atoms with Crippen molar-refractivity contribution in [2.75, 3.05) is 13.2 Å². The third kappa shape index (κ3) is 57.3. The number of esters is 3. The number of hydrogen-bond donors (Lipinski definition) is 0. The van der Waals surface area contributed by atoms with Gasteiger partial charge in [0, 0.05) is 19.3 Å². The molecule has 0 heterocycles. The fraction of sp³-hybridized carbons (Fsp3) is 0.507. The van der Waals surface area contributed by atoms with Crippen molar-refractivity contribution in [3.63, 3.8) is 0 Å². The predicted molar refractivity (Wildman–Crippen MR) is 315 cm³/mol. The van der Waals surface area contributed by atoms with Gasteiger partial charge in [-0.3, -0.25) is 14.4 Å². The first-order valence-electron chi connectivity index (χ1n) is 28.5. The summed E-state index contributed by atoms with van der Waals surface area (Å²) in [5.74, 6) is -1.03. The number of hydrogen-bond acceptors (Lipinski definition) is 6. The van der Waals surface area contributed by atoms with Gasteiger partial charge in [0.15, 0.2) is 6.10 Å². The van der Waals surface area contributed by atoms with Crippen LogP contribution >= 0.6 is 0 Å². The minimum Gasteiger partial charge on any atom is -0.462 e. The molecule has 0 aromatic carbocycles. The van der Waals surface area contributed by atoms with Gasteiger partial charge in [0.25, 0.3) is 0 Å². The van der Waals surface area contributed by atoms with Gasteiger partial charge in [-0.1, -0.05) is 280 Å². The number of allylic oxidation sites excluding steroid dienone is 30. The Morgan fingerprint density at radius 2 is 0.562 bits per heavy atom. The molecule has 0 amide bonds. The smallest absolute Gasteiger partial charge is 0.306 e. The largest absolute Gasteiger partial charge is 0.462 e. The molecule has 0 N–H and O–H groups in total. The molecule has 1 unspecified atom stereocenters. The molecule has 0 saturated heterocycles. The molecule has 404 valence electrons. The standard InChI is InChI=1S/C67H100O6/c1-4-7-10-13-16-19-22-25-28-31-34-37-39-42-45-48-51-54-57-60-66(69)72-63-64(73-67(70)61-58-55-52-49-46-43-40-36-33-30-27-24-21-18-15-12-9-6-3)62-71-65(68)59-56-53-50-47-44-41-38-35-32-29-26-23-20-17-14-11-8-5-2/h7,10,12-13,15-16,18-19,21-40,42,45,64H,4-6,8-9,11,14,17,20,41,43-44,46-63H2,1-3H3/b10-7-,15-12-,16-13-,21-18-,22-19-,26-23-,27-24-,28-25-,32-29-,33-30-,34-31+,38-35-,39-37-,40-36-,45-42-. The summed E-state index contributed by atoms with van der Waals surface area (Å²) in [5, 5.41) is 0. The van der Waals surface area contributed by atoms with Gasteiger partial charge in [-0.2, -0.15) is 0 Å². The van der Waals surface area contributed by atoms with Gasteiger partial charge in [0.1, 0.15) is 13.2 Å². The second-order valence-corrected chi connectivity index (χ2v) is 18.1. The van der Waals surface area contributed by atoms with Crippen LogP contribution in [0.15, 0.2) is 182 Å². The Bertz CT molecular complexity index is 1770. The lowest BCUT2D eigenvalue weighted by atomic mass is 10.1. The SMILES string of the molecule is CC\C=C/C=C\C=C/C=C\C=C\C=C/C=C\CCCCCC(=O)OCC(COC(=O)CCCCCCC\C=C/C=C\C=C/CCCCCCC)OC(=O)CCCCCCC\C=C/C=C\C=C/C=C\C=C/CCC. The molecule has 0 aliphatic rings. The van der Waals surface area contributed by atoms with Crippen molar-refractivity contribution in [1.82, 2.24) is 0 Å². The summed E-state index contributed by atoms with van der Waals surface area (Å²) >= 11 is 0. The molecule has 6 heteroatoms. The number of rotatable bonds is 48. The van der Waals surface area contributed by atoms with Gasteiger partial charge >= 0.3 is 17.9 Å². The van der Waals surface area contributed by atoms with E-state index < -0.39 is 6.10 Å². The van der Waals surface area contributed by atoms with Crippen LogP contribution in [0.1, 0.15) is 201 Å². The van der Waals surface area contributed by atoms with Crippen molar-refractivity contribution < 1.29 is 28.6 Å². The molecule has 0 aliphatic carbocycles. The average Bonchev–Trinajstić information content (AvgIpc) is 3.39. The van der Waals surface area contributed by atoms with E-state index in [2.05, 4.69) is 93.7 Å². The topological polar surface area (TPSA) is 78.9 Å². The normalized spacial score (nSPS) is 13.5. The highest BCUT2D eigenvalue weighted by atomic mass is 16.6. The first-order chi connectivity index (χ1) is 36.0. The highest BCUT2D eigenvalue weighted by molar-refractivity contribution is 5.71. The van der Waals surface area contributed by atoms with Crippen LogP contribution in [-0.2, 0) is 28.6 Å².